The minimum absolute atomic E-state index is 0.180. The Labute approximate surface area is 79.5 Å². The molecule has 2 rings (SSSR count). The summed E-state index contributed by atoms with van der Waals surface area (Å²) in [4.78, 5) is 4.38. The van der Waals surface area contributed by atoms with Gasteiger partial charge in [-0.15, -0.1) is 0 Å². The van der Waals surface area contributed by atoms with Crippen molar-refractivity contribution < 1.29 is 0 Å². The average molecular weight is 173 g/mol. The van der Waals surface area contributed by atoms with Crippen LogP contribution in [0.3, 0.4) is 0 Å². The third kappa shape index (κ3) is 1.64. The zero-order valence-corrected chi connectivity index (χ0v) is 8.03. The maximum atomic E-state index is 4.38. The van der Waals surface area contributed by atoms with Gasteiger partial charge in [0.15, 0.2) is 0 Å². The van der Waals surface area contributed by atoms with Crippen molar-refractivity contribution in [3.8, 4) is 0 Å². The molecule has 1 heterocycles. The molecule has 1 aromatic carbocycles. The lowest BCUT2D eigenvalue weighted by Gasteiger charge is -2.28. The van der Waals surface area contributed by atoms with E-state index >= 15 is 0 Å². The van der Waals surface area contributed by atoms with Crippen LogP contribution in [0.1, 0.15) is 25.3 Å². The number of nitrogens with zero attached hydrogens (tertiary/aromatic N) is 1. The molecule has 1 nitrogen and oxygen atoms in total. The number of hydrogen-bond acceptors (Lipinski definition) is 1. The van der Waals surface area contributed by atoms with E-state index in [9.17, 15) is 0 Å². The van der Waals surface area contributed by atoms with Gasteiger partial charge in [0.2, 0.25) is 0 Å². The SMILES string of the molecule is C[C@@]1(c2ccccc2)C=NCCC1. The summed E-state index contributed by atoms with van der Waals surface area (Å²) in [5.74, 6) is 0. The molecule has 1 aliphatic rings. The third-order valence-electron chi connectivity index (χ3n) is 2.79. The first-order valence-corrected chi connectivity index (χ1v) is 4.88. The Morgan fingerprint density at radius 1 is 1.23 bits per heavy atom. The largest absolute Gasteiger partial charge is 0.297 e. The van der Waals surface area contributed by atoms with E-state index in [0.717, 1.165) is 6.54 Å². The summed E-state index contributed by atoms with van der Waals surface area (Å²) in [6.07, 6.45) is 4.55. The molecule has 1 aliphatic heterocycles. The Morgan fingerprint density at radius 3 is 2.62 bits per heavy atom. The fourth-order valence-corrected chi connectivity index (χ4v) is 1.91. The molecule has 0 fully saturated rings. The second-order valence-electron chi connectivity index (χ2n) is 3.92. The summed E-state index contributed by atoms with van der Waals surface area (Å²) in [5, 5.41) is 0. The van der Waals surface area contributed by atoms with Crippen LogP contribution in [-0.2, 0) is 5.41 Å². The fraction of sp³-hybridized carbons (Fsp3) is 0.417. The fourth-order valence-electron chi connectivity index (χ4n) is 1.91. The highest BCUT2D eigenvalue weighted by Crippen LogP contribution is 2.29. The molecule has 0 unspecified atom stereocenters. The van der Waals surface area contributed by atoms with Crippen molar-refractivity contribution in [3.05, 3.63) is 35.9 Å². The van der Waals surface area contributed by atoms with Gasteiger partial charge in [-0.2, -0.15) is 0 Å². The topological polar surface area (TPSA) is 12.4 Å². The summed E-state index contributed by atoms with van der Waals surface area (Å²) in [7, 11) is 0. The summed E-state index contributed by atoms with van der Waals surface area (Å²) in [6, 6.07) is 10.6. The van der Waals surface area contributed by atoms with Crippen LogP contribution in [0.2, 0.25) is 0 Å². The molecule has 1 heteroatoms. The molecule has 0 amide bonds. The molecule has 0 saturated carbocycles. The van der Waals surface area contributed by atoms with E-state index in [1.54, 1.807) is 0 Å². The van der Waals surface area contributed by atoms with Crippen molar-refractivity contribution in [3.63, 3.8) is 0 Å². The maximum absolute atomic E-state index is 4.38. The Bertz CT molecular complexity index is 302. The van der Waals surface area contributed by atoms with Crippen LogP contribution in [0.4, 0.5) is 0 Å². The molecule has 13 heavy (non-hydrogen) atoms. The highest BCUT2D eigenvalue weighted by Gasteiger charge is 2.25. The summed E-state index contributed by atoms with van der Waals surface area (Å²) in [6.45, 7) is 3.27. The van der Waals surface area contributed by atoms with E-state index < -0.39 is 0 Å². The summed E-state index contributed by atoms with van der Waals surface area (Å²) >= 11 is 0. The van der Waals surface area contributed by atoms with Crippen LogP contribution in [0.5, 0.6) is 0 Å². The van der Waals surface area contributed by atoms with Gasteiger partial charge in [-0.1, -0.05) is 37.3 Å². The lowest BCUT2D eigenvalue weighted by atomic mass is 9.78. The van der Waals surface area contributed by atoms with E-state index in [4.69, 9.17) is 0 Å². The standard InChI is InChI=1S/C12H15N/c1-12(8-5-9-13-10-12)11-6-3-2-4-7-11/h2-4,6-7,10H,5,8-9H2,1H3/t12-/m0/s1. The minimum atomic E-state index is 0.180. The van der Waals surface area contributed by atoms with Crippen molar-refractivity contribution in [2.75, 3.05) is 6.54 Å². The lowest BCUT2D eigenvalue weighted by molar-refractivity contribution is 0.538. The van der Waals surface area contributed by atoms with Crippen LogP contribution in [0.15, 0.2) is 35.3 Å². The van der Waals surface area contributed by atoms with E-state index in [-0.39, 0.29) is 5.41 Å². The zero-order chi connectivity index (χ0) is 9.15. The van der Waals surface area contributed by atoms with Gasteiger partial charge in [0, 0.05) is 18.2 Å². The van der Waals surface area contributed by atoms with Crippen molar-refractivity contribution in [2.45, 2.75) is 25.2 Å². The molecular weight excluding hydrogens is 158 g/mol. The Balaban J connectivity index is 2.34. The monoisotopic (exact) mass is 173 g/mol. The summed E-state index contributed by atoms with van der Waals surface area (Å²) in [5.41, 5.74) is 1.57. The molecule has 0 aromatic heterocycles. The molecule has 0 radical (unpaired) electrons. The number of rotatable bonds is 1. The molecule has 68 valence electrons. The van der Waals surface area contributed by atoms with Crippen LogP contribution >= 0.6 is 0 Å². The first-order chi connectivity index (χ1) is 6.31. The van der Waals surface area contributed by atoms with Crippen molar-refractivity contribution in [1.82, 2.24) is 0 Å². The van der Waals surface area contributed by atoms with Gasteiger partial charge in [0.25, 0.3) is 0 Å². The minimum Gasteiger partial charge on any atom is -0.297 e. The highest BCUT2D eigenvalue weighted by atomic mass is 14.7. The van der Waals surface area contributed by atoms with Crippen LogP contribution in [-0.4, -0.2) is 12.8 Å². The van der Waals surface area contributed by atoms with E-state index in [0.29, 0.717) is 0 Å². The van der Waals surface area contributed by atoms with E-state index in [1.165, 1.54) is 18.4 Å². The van der Waals surface area contributed by atoms with Crippen LogP contribution < -0.4 is 0 Å². The highest BCUT2D eigenvalue weighted by molar-refractivity contribution is 5.73. The molecule has 0 aliphatic carbocycles. The number of benzene rings is 1. The average Bonchev–Trinajstić information content (AvgIpc) is 2.20. The third-order valence-corrected chi connectivity index (χ3v) is 2.79. The quantitative estimate of drug-likeness (QED) is 0.619. The van der Waals surface area contributed by atoms with E-state index in [1.807, 2.05) is 0 Å². The van der Waals surface area contributed by atoms with Gasteiger partial charge in [-0.3, -0.25) is 4.99 Å². The van der Waals surface area contributed by atoms with Crippen molar-refractivity contribution in [2.24, 2.45) is 4.99 Å². The molecular formula is C12H15N. The molecule has 0 saturated heterocycles. The van der Waals surface area contributed by atoms with Gasteiger partial charge in [0.1, 0.15) is 0 Å². The van der Waals surface area contributed by atoms with Gasteiger partial charge in [-0.05, 0) is 18.4 Å². The first kappa shape index (κ1) is 8.49. The Morgan fingerprint density at radius 2 is 2.00 bits per heavy atom. The normalized spacial score (nSPS) is 27.5. The summed E-state index contributed by atoms with van der Waals surface area (Å²) < 4.78 is 0. The first-order valence-electron chi connectivity index (χ1n) is 4.88. The van der Waals surface area contributed by atoms with Crippen molar-refractivity contribution >= 4 is 6.21 Å². The smallest absolute Gasteiger partial charge is 0.0386 e. The predicted molar refractivity (Wildman–Crippen MR) is 56.4 cm³/mol. The Kier molecular flexibility index (Phi) is 2.17. The molecule has 1 atom stereocenters. The maximum Gasteiger partial charge on any atom is 0.0386 e. The van der Waals surface area contributed by atoms with E-state index in [2.05, 4.69) is 48.5 Å². The van der Waals surface area contributed by atoms with Crippen LogP contribution in [0, 0.1) is 0 Å². The Hall–Kier alpha value is -1.11. The predicted octanol–water partition coefficient (Wildman–Crippen LogP) is 2.81. The number of aliphatic imine (C=N–C) groups is 1. The van der Waals surface area contributed by atoms with Crippen LogP contribution in [0.25, 0.3) is 0 Å². The zero-order valence-electron chi connectivity index (χ0n) is 8.03. The second-order valence-corrected chi connectivity index (χ2v) is 3.92. The van der Waals surface area contributed by atoms with Crippen molar-refractivity contribution in [1.29, 1.82) is 0 Å². The molecule has 0 bridgehead atoms. The number of hydrogen-bond donors (Lipinski definition) is 0. The van der Waals surface area contributed by atoms with Gasteiger partial charge in [-0.25, -0.2) is 0 Å². The molecule has 1 aromatic rings. The molecule has 0 spiro atoms. The van der Waals surface area contributed by atoms with Gasteiger partial charge < -0.3 is 0 Å². The lowest BCUT2D eigenvalue weighted by Crippen LogP contribution is -2.26. The van der Waals surface area contributed by atoms with Gasteiger partial charge in [0.05, 0.1) is 0 Å². The second kappa shape index (κ2) is 3.33. The molecule has 0 N–H and O–H groups in total. The van der Waals surface area contributed by atoms with Gasteiger partial charge >= 0.3 is 0 Å².